The monoisotopic (exact) mass is 495 g/mol. The van der Waals surface area contributed by atoms with Gasteiger partial charge in [-0.2, -0.15) is 0 Å². The molecule has 0 saturated carbocycles. The fraction of sp³-hybridized carbons (Fsp3) is 0.464. The van der Waals surface area contributed by atoms with E-state index in [1.165, 1.54) is 0 Å². The number of aryl methyl sites for hydroxylation is 1. The van der Waals surface area contributed by atoms with Crippen molar-refractivity contribution >= 4 is 29.3 Å². The first-order valence-electron chi connectivity index (χ1n) is 12.7. The van der Waals surface area contributed by atoms with Crippen LogP contribution in [-0.4, -0.2) is 59.7 Å². The summed E-state index contributed by atoms with van der Waals surface area (Å²) in [4.78, 5) is 43.2. The number of hydrogen-bond donors (Lipinski definition) is 1. The van der Waals surface area contributed by atoms with Crippen LogP contribution in [0.5, 0.6) is 0 Å². The van der Waals surface area contributed by atoms with Crippen molar-refractivity contribution in [3.63, 3.8) is 0 Å². The third-order valence-corrected chi connectivity index (χ3v) is 7.50. The van der Waals surface area contributed by atoms with Gasteiger partial charge in [-0.05, 0) is 62.1 Å². The molecule has 1 N–H and O–H groups in total. The van der Waals surface area contributed by atoms with Crippen molar-refractivity contribution < 1.29 is 14.4 Å². The molecule has 3 amide bonds. The minimum Gasteiger partial charge on any atom is -0.343 e. The molecule has 7 heteroatoms. The second-order valence-corrected chi connectivity index (χ2v) is 9.93. The SMILES string of the molecule is O=C(NC(C(=O)N1CCCCC1)C1CCN(C(=O)CCc2ccccc2)CC1)c1ccccc1Cl. The van der Waals surface area contributed by atoms with Gasteiger partial charge < -0.3 is 15.1 Å². The van der Waals surface area contributed by atoms with E-state index in [4.69, 9.17) is 11.6 Å². The maximum atomic E-state index is 13.5. The molecule has 0 aliphatic carbocycles. The van der Waals surface area contributed by atoms with Crippen LogP contribution in [0, 0.1) is 5.92 Å². The Labute approximate surface area is 212 Å². The number of carbonyl (C=O) groups excluding carboxylic acids is 3. The number of nitrogens with zero attached hydrogens (tertiary/aromatic N) is 2. The van der Waals surface area contributed by atoms with Crippen LogP contribution in [0.15, 0.2) is 54.6 Å². The van der Waals surface area contributed by atoms with Crippen molar-refractivity contribution in [3.05, 3.63) is 70.7 Å². The molecule has 2 aliphatic rings. The Morgan fingerprint density at radius 1 is 0.857 bits per heavy atom. The van der Waals surface area contributed by atoms with Crippen molar-refractivity contribution in [1.82, 2.24) is 15.1 Å². The molecule has 2 heterocycles. The zero-order chi connectivity index (χ0) is 24.6. The van der Waals surface area contributed by atoms with E-state index in [1.54, 1.807) is 24.3 Å². The number of halogens is 1. The van der Waals surface area contributed by atoms with Gasteiger partial charge in [0.1, 0.15) is 6.04 Å². The standard InChI is InChI=1S/C28H34ClN3O3/c29-24-12-6-5-11-23(24)27(34)30-26(28(35)32-17-7-2-8-18-32)22-15-19-31(20-16-22)25(33)14-13-21-9-3-1-4-10-21/h1,3-6,9-12,22,26H,2,7-8,13-20H2,(H,30,34). The minimum absolute atomic E-state index is 0.0149. The summed E-state index contributed by atoms with van der Waals surface area (Å²) in [6.07, 6.45) is 5.69. The highest BCUT2D eigenvalue weighted by Gasteiger charge is 2.36. The van der Waals surface area contributed by atoms with Crippen LogP contribution in [0.1, 0.15) is 54.4 Å². The van der Waals surface area contributed by atoms with E-state index in [9.17, 15) is 14.4 Å². The zero-order valence-corrected chi connectivity index (χ0v) is 20.9. The molecule has 6 nitrogen and oxygen atoms in total. The molecule has 4 rings (SSSR count). The van der Waals surface area contributed by atoms with Gasteiger partial charge in [0.2, 0.25) is 11.8 Å². The summed E-state index contributed by atoms with van der Waals surface area (Å²) >= 11 is 6.24. The molecule has 2 fully saturated rings. The van der Waals surface area contributed by atoms with Gasteiger partial charge in [0.15, 0.2) is 0 Å². The average Bonchev–Trinajstić information content (AvgIpc) is 2.91. The minimum atomic E-state index is -0.613. The molecule has 1 unspecified atom stereocenters. The Morgan fingerprint density at radius 3 is 2.20 bits per heavy atom. The topological polar surface area (TPSA) is 69.7 Å². The third-order valence-electron chi connectivity index (χ3n) is 7.17. The molecule has 35 heavy (non-hydrogen) atoms. The van der Waals surface area contributed by atoms with Gasteiger partial charge in [-0.1, -0.05) is 54.1 Å². The van der Waals surface area contributed by atoms with E-state index in [1.807, 2.05) is 40.1 Å². The molecule has 2 aliphatic heterocycles. The normalized spacial score (nSPS) is 17.6. The highest BCUT2D eigenvalue weighted by Crippen LogP contribution is 2.25. The maximum Gasteiger partial charge on any atom is 0.253 e. The van der Waals surface area contributed by atoms with E-state index < -0.39 is 6.04 Å². The summed E-state index contributed by atoms with van der Waals surface area (Å²) in [6, 6.07) is 16.3. The second kappa shape index (κ2) is 12.2. The fourth-order valence-corrected chi connectivity index (χ4v) is 5.31. The number of likely N-dealkylation sites (tertiary alicyclic amines) is 2. The van der Waals surface area contributed by atoms with E-state index >= 15 is 0 Å². The first-order chi connectivity index (χ1) is 17.0. The lowest BCUT2D eigenvalue weighted by atomic mass is 9.87. The molecule has 0 spiro atoms. The Balaban J connectivity index is 1.39. The smallest absolute Gasteiger partial charge is 0.253 e. The van der Waals surface area contributed by atoms with Crippen molar-refractivity contribution in [2.24, 2.45) is 5.92 Å². The van der Waals surface area contributed by atoms with Crippen LogP contribution in [0.25, 0.3) is 0 Å². The number of hydrogen-bond acceptors (Lipinski definition) is 3. The third kappa shape index (κ3) is 6.63. The molecular weight excluding hydrogens is 462 g/mol. The maximum absolute atomic E-state index is 13.5. The molecule has 186 valence electrons. The Kier molecular flexibility index (Phi) is 8.80. The predicted octanol–water partition coefficient (Wildman–Crippen LogP) is 4.32. The van der Waals surface area contributed by atoms with Crippen LogP contribution in [0.4, 0.5) is 0 Å². The van der Waals surface area contributed by atoms with Crippen molar-refractivity contribution in [3.8, 4) is 0 Å². The summed E-state index contributed by atoms with van der Waals surface area (Å²) < 4.78 is 0. The number of nitrogens with one attached hydrogen (secondary N) is 1. The average molecular weight is 496 g/mol. The zero-order valence-electron chi connectivity index (χ0n) is 20.1. The lowest BCUT2D eigenvalue weighted by Gasteiger charge is -2.38. The summed E-state index contributed by atoms with van der Waals surface area (Å²) in [6.45, 7) is 2.66. The highest BCUT2D eigenvalue weighted by molar-refractivity contribution is 6.33. The first kappa shape index (κ1) is 25.2. The van der Waals surface area contributed by atoms with E-state index in [-0.39, 0.29) is 23.6 Å². The van der Waals surface area contributed by atoms with Gasteiger partial charge >= 0.3 is 0 Å². The van der Waals surface area contributed by atoms with Crippen LogP contribution in [0.2, 0.25) is 5.02 Å². The van der Waals surface area contributed by atoms with Gasteiger partial charge in [0.25, 0.3) is 5.91 Å². The van der Waals surface area contributed by atoms with Gasteiger partial charge in [0, 0.05) is 32.6 Å². The van der Waals surface area contributed by atoms with Crippen LogP contribution in [0.3, 0.4) is 0 Å². The quantitative estimate of drug-likeness (QED) is 0.621. The largest absolute Gasteiger partial charge is 0.343 e. The number of piperidine rings is 2. The first-order valence-corrected chi connectivity index (χ1v) is 13.1. The molecule has 0 aromatic heterocycles. The molecule has 0 bridgehead atoms. The van der Waals surface area contributed by atoms with Crippen LogP contribution in [-0.2, 0) is 16.0 Å². The molecular formula is C28H34ClN3O3. The lowest BCUT2D eigenvalue weighted by Crippen LogP contribution is -2.55. The van der Waals surface area contributed by atoms with Gasteiger partial charge in [0.05, 0.1) is 10.6 Å². The number of rotatable bonds is 7. The van der Waals surface area contributed by atoms with Crippen molar-refractivity contribution in [2.75, 3.05) is 26.2 Å². The molecule has 2 saturated heterocycles. The second-order valence-electron chi connectivity index (χ2n) is 9.52. The summed E-state index contributed by atoms with van der Waals surface area (Å²) in [5, 5.41) is 3.38. The molecule has 1 atom stereocenters. The van der Waals surface area contributed by atoms with E-state index in [2.05, 4.69) is 5.32 Å². The van der Waals surface area contributed by atoms with Crippen LogP contribution >= 0.6 is 11.6 Å². The Hall–Kier alpha value is -2.86. The summed E-state index contributed by atoms with van der Waals surface area (Å²) in [5.74, 6) is -0.216. The molecule has 2 aromatic carbocycles. The van der Waals surface area contributed by atoms with Crippen LogP contribution < -0.4 is 5.32 Å². The van der Waals surface area contributed by atoms with Crippen molar-refractivity contribution in [1.29, 1.82) is 0 Å². The number of amides is 3. The Morgan fingerprint density at radius 2 is 1.51 bits per heavy atom. The molecule has 0 radical (unpaired) electrons. The fourth-order valence-electron chi connectivity index (χ4n) is 5.09. The van der Waals surface area contributed by atoms with Gasteiger partial charge in [-0.3, -0.25) is 14.4 Å². The highest BCUT2D eigenvalue weighted by atomic mass is 35.5. The number of carbonyl (C=O) groups is 3. The Bertz CT molecular complexity index is 1020. The van der Waals surface area contributed by atoms with E-state index in [0.29, 0.717) is 42.9 Å². The van der Waals surface area contributed by atoms with Gasteiger partial charge in [-0.15, -0.1) is 0 Å². The lowest BCUT2D eigenvalue weighted by molar-refractivity contribution is -0.137. The number of benzene rings is 2. The summed E-state index contributed by atoms with van der Waals surface area (Å²) in [7, 11) is 0. The van der Waals surface area contributed by atoms with E-state index in [0.717, 1.165) is 44.3 Å². The predicted molar refractivity (Wildman–Crippen MR) is 137 cm³/mol. The summed E-state index contributed by atoms with van der Waals surface area (Å²) in [5.41, 5.74) is 1.53. The molecule has 2 aromatic rings. The van der Waals surface area contributed by atoms with Crippen molar-refractivity contribution in [2.45, 2.75) is 51.0 Å². The van der Waals surface area contributed by atoms with Gasteiger partial charge in [-0.25, -0.2) is 0 Å².